The monoisotopic (exact) mass is 784 g/mol. The number of aliphatic hydroxyl groups excluding tert-OH is 1. The van der Waals surface area contributed by atoms with E-state index in [0.717, 1.165) is 70.6 Å². The van der Waals surface area contributed by atoms with E-state index in [4.69, 9.17) is 13.8 Å². The number of allylic oxidation sites excluding steroid dienone is 8. The first-order valence-electron chi connectivity index (χ1n) is 20.7. The topological polar surface area (TPSA) is 169 Å². The number of carboxylic acids is 1. The number of aliphatic hydroxyl groups is 1. The SMILES string of the molecule is CCCCC/C=C\C/C=C\C/C=C\C/C=C\CCCCCCCC(=O)OCC(O)COP(=O)(O)OCC(NC(=O)CCCCCCCCCCC)C(=O)O. The lowest BCUT2D eigenvalue weighted by Gasteiger charge is -2.18. The molecule has 312 valence electrons. The zero-order chi connectivity index (χ0) is 40.0. The highest BCUT2D eigenvalue weighted by Crippen LogP contribution is 2.43. The van der Waals surface area contributed by atoms with Crippen molar-refractivity contribution >= 4 is 25.7 Å². The number of phosphoric ester groups is 1. The molecular formula is C42H74NO10P. The van der Waals surface area contributed by atoms with Crippen LogP contribution in [0.25, 0.3) is 0 Å². The molecule has 11 nitrogen and oxygen atoms in total. The van der Waals surface area contributed by atoms with Crippen LogP contribution in [0.4, 0.5) is 0 Å². The minimum Gasteiger partial charge on any atom is -0.480 e. The number of aliphatic carboxylic acids is 1. The largest absolute Gasteiger partial charge is 0.480 e. The molecule has 0 fully saturated rings. The molecule has 0 spiro atoms. The van der Waals surface area contributed by atoms with Gasteiger partial charge in [0.15, 0.2) is 6.04 Å². The van der Waals surface area contributed by atoms with E-state index in [2.05, 4.69) is 67.8 Å². The van der Waals surface area contributed by atoms with Gasteiger partial charge >= 0.3 is 19.8 Å². The summed E-state index contributed by atoms with van der Waals surface area (Å²) in [5, 5.41) is 21.7. The molecule has 0 saturated carbocycles. The molecule has 0 aliphatic heterocycles. The van der Waals surface area contributed by atoms with Gasteiger partial charge in [0.05, 0.1) is 13.2 Å². The van der Waals surface area contributed by atoms with Gasteiger partial charge in [-0.3, -0.25) is 18.6 Å². The quantitative estimate of drug-likeness (QED) is 0.0205. The Kier molecular flexibility index (Phi) is 35.6. The van der Waals surface area contributed by atoms with E-state index in [1.807, 2.05) is 0 Å². The Labute approximate surface area is 326 Å². The van der Waals surface area contributed by atoms with Crippen LogP contribution in [0.15, 0.2) is 48.6 Å². The van der Waals surface area contributed by atoms with Crippen LogP contribution in [0.3, 0.4) is 0 Å². The van der Waals surface area contributed by atoms with E-state index in [1.165, 1.54) is 57.8 Å². The Morgan fingerprint density at radius 3 is 1.56 bits per heavy atom. The number of hydrogen-bond donors (Lipinski definition) is 4. The number of phosphoric acid groups is 1. The molecule has 0 radical (unpaired) electrons. The van der Waals surface area contributed by atoms with Gasteiger partial charge in [-0.25, -0.2) is 9.36 Å². The number of carboxylic acid groups (broad SMARTS) is 1. The van der Waals surface area contributed by atoms with E-state index in [-0.39, 0.29) is 12.8 Å². The molecule has 0 saturated heterocycles. The summed E-state index contributed by atoms with van der Waals surface area (Å²) >= 11 is 0. The third-order valence-corrected chi connectivity index (χ3v) is 9.57. The summed E-state index contributed by atoms with van der Waals surface area (Å²) < 4.78 is 26.7. The first-order valence-corrected chi connectivity index (χ1v) is 22.2. The van der Waals surface area contributed by atoms with Crippen molar-refractivity contribution in [3.05, 3.63) is 48.6 Å². The van der Waals surface area contributed by atoms with Gasteiger partial charge in [0.1, 0.15) is 12.7 Å². The zero-order valence-corrected chi connectivity index (χ0v) is 34.4. The summed E-state index contributed by atoms with van der Waals surface area (Å²) in [4.78, 5) is 45.7. The Hall–Kier alpha value is -2.56. The number of esters is 1. The summed E-state index contributed by atoms with van der Waals surface area (Å²) in [6, 6.07) is -1.55. The maximum atomic E-state index is 12.2. The number of unbranched alkanes of at least 4 members (excludes halogenated alkanes) is 16. The highest BCUT2D eigenvalue weighted by molar-refractivity contribution is 7.47. The van der Waals surface area contributed by atoms with Crippen LogP contribution in [0.2, 0.25) is 0 Å². The number of carbonyl (C=O) groups is 3. The van der Waals surface area contributed by atoms with Crippen molar-refractivity contribution in [2.24, 2.45) is 0 Å². The summed E-state index contributed by atoms with van der Waals surface area (Å²) in [6.45, 7) is 2.49. The standard InChI is InChI=1S/C42H74NO10P/c1-3-5-7-9-11-13-14-15-16-17-18-19-20-21-22-23-24-26-28-30-32-34-41(46)51-35-38(44)36-52-54(49,50)53-37-39(42(47)48)43-40(45)33-31-29-27-25-12-10-8-6-4-2/h11,13,15-16,18-19,21-22,38-39,44H,3-10,12,14,17,20,23-37H2,1-2H3,(H,43,45)(H,47,48)(H,49,50)/b13-11-,16-15-,19-18-,22-21-. The molecule has 0 aliphatic carbocycles. The molecule has 0 rings (SSSR count). The second kappa shape index (κ2) is 37.4. The Morgan fingerprint density at radius 1 is 0.593 bits per heavy atom. The van der Waals surface area contributed by atoms with Crippen LogP contribution in [0.5, 0.6) is 0 Å². The third-order valence-electron chi connectivity index (χ3n) is 8.62. The molecule has 3 unspecified atom stereocenters. The average Bonchev–Trinajstić information content (AvgIpc) is 3.14. The summed E-state index contributed by atoms with van der Waals surface area (Å²) in [7, 11) is -4.75. The van der Waals surface area contributed by atoms with Crippen molar-refractivity contribution in [3.63, 3.8) is 0 Å². The fourth-order valence-electron chi connectivity index (χ4n) is 5.36. The fourth-order valence-corrected chi connectivity index (χ4v) is 6.13. The molecular weight excluding hydrogens is 709 g/mol. The maximum absolute atomic E-state index is 12.2. The van der Waals surface area contributed by atoms with Crippen molar-refractivity contribution in [1.29, 1.82) is 0 Å². The molecule has 0 aromatic heterocycles. The van der Waals surface area contributed by atoms with E-state index in [9.17, 15) is 34.1 Å². The smallest absolute Gasteiger partial charge is 0.472 e. The molecule has 54 heavy (non-hydrogen) atoms. The molecule has 3 atom stereocenters. The van der Waals surface area contributed by atoms with Crippen LogP contribution in [-0.4, -0.2) is 64.9 Å². The zero-order valence-electron chi connectivity index (χ0n) is 33.5. The first-order chi connectivity index (χ1) is 26.1. The first kappa shape index (κ1) is 51.4. The van der Waals surface area contributed by atoms with E-state index < -0.39 is 57.6 Å². The normalized spacial score (nSPS) is 14.3. The van der Waals surface area contributed by atoms with Crippen LogP contribution in [0.1, 0.15) is 168 Å². The van der Waals surface area contributed by atoms with E-state index in [1.54, 1.807) is 0 Å². The lowest BCUT2D eigenvalue weighted by atomic mass is 10.1. The van der Waals surface area contributed by atoms with Crippen LogP contribution < -0.4 is 5.32 Å². The van der Waals surface area contributed by atoms with Crippen molar-refractivity contribution in [1.82, 2.24) is 5.32 Å². The van der Waals surface area contributed by atoms with Crippen molar-refractivity contribution in [3.8, 4) is 0 Å². The highest BCUT2D eigenvalue weighted by atomic mass is 31.2. The number of carbonyl (C=O) groups excluding carboxylic acids is 2. The molecule has 0 aliphatic rings. The Morgan fingerprint density at radius 2 is 1.02 bits per heavy atom. The average molecular weight is 784 g/mol. The summed E-state index contributed by atoms with van der Waals surface area (Å²) in [5.74, 6) is -2.40. The van der Waals surface area contributed by atoms with Crippen LogP contribution in [-0.2, 0) is 32.7 Å². The minimum absolute atomic E-state index is 0.144. The van der Waals surface area contributed by atoms with Crippen LogP contribution >= 0.6 is 7.82 Å². The van der Waals surface area contributed by atoms with E-state index >= 15 is 0 Å². The van der Waals surface area contributed by atoms with Gasteiger partial charge in [0, 0.05) is 12.8 Å². The molecule has 4 N–H and O–H groups in total. The fraction of sp³-hybridized carbons (Fsp3) is 0.738. The molecule has 0 bridgehead atoms. The lowest BCUT2D eigenvalue weighted by molar-refractivity contribution is -0.147. The number of amides is 1. The van der Waals surface area contributed by atoms with Gasteiger partial charge < -0.3 is 25.2 Å². The Bertz CT molecular complexity index is 1110. The highest BCUT2D eigenvalue weighted by Gasteiger charge is 2.28. The number of ether oxygens (including phenoxy) is 1. The third kappa shape index (κ3) is 36.4. The number of nitrogens with one attached hydrogen (secondary N) is 1. The predicted molar refractivity (Wildman–Crippen MR) is 217 cm³/mol. The molecule has 1 amide bonds. The van der Waals surface area contributed by atoms with Gasteiger partial charge in [-0.15, -0.1) is 0 Å². The van der Waals surface area contributed by atoms with Crippen molar-refractivity contribution in [2.75, 3.05) is 19.8 Å². The summed E-state index contributed by atoms with van der Waals surface area (Å²) in [6.07, 6.45) is 40.1. The van der Waals surface area contributed by atoms with Crippen molar-refractivity contribution in [2.45, 2.75) is 180 Å². The van der Waals surface area contributed by atoms with Gasteiger partial charge in [0.2, 0.25) is 5.91 Å². The van der Waals surface area contributed by atoms with Crippen LogP contribution in [0, 0.1) is 0 Å². The van der Waals surface area contributed by atoms with Gasteiger partial charge in [-0.05, 0) is 57.8 Å². The van der Waals surface area contributed by atoms with Gasteiger partial charge in [-0.1, -0.05) is 146 Å². The molecule has 0 aromatic carbocycles. The minimum atomic E-state index is -4.75. The second-order valence-corrected chi connectivity index (χ2v) is 15.3. The maximum Gasteiger partial charge on any atom is 0.472 e. The molecule has 12 heteroatoms. The van der Waals surface area contributed by atoms with Gasteiger partial charge in [0.25, 0.3) is 0 Å². The molecule has 0 aromatic rings. The van der Waals surface area contributed by atoms with Gasteiger partial charge in [-0.2, -0.15) is 0 Å². The number of rotatable bonds is 38. The van der Waals surface area contributed by atoms with Crippen molar-refractivity contribution < 1.29 is 47.8 Å². The summed E-state index contributed by atoms with van der Waals surface area (Å²) in [5.41, 5.74) is 0. The van der Waals surface area contributed by atoms with E-state index in [0.29, 0.717) is 12.8 Å². The number of hydrogen-bond acceptors (Lipinski definition) is 8. The predicted octanol–water partition coefficient (Wildman–Crippen LogP) is 10.2. The Balaban J connectivity index is 3.92. The molecule has 0 heterocycles. The second-order valence-electron chi connectivity index (χ2n) is 13.8. The lowest BCUT2D eigenvalue weighted by Crippen LogP contribution is -2.43.